The highest BCUT2D eigenvalue weighted by Gasteiger charge is 1.96. The Balaban J connectivity index is 3.08. The normalized spacial score (nSPS) is 10.6. The van der Waals surface area contributed by atoms with Crippen molar-refractivity contribution in [2.24, 2.45) is 5.73 Å². The standard InChI is InChI=1S/C11H13NO/c1-9-4-5-11(8-13)10(7-9)3-2-6-12/h2-5,7-8H,6,12H2,1H3. The molecule has 0 unspecified atom stereocenters. The maximum Gasteiger partial charge on any atom is 0.150 e. The zero-order valence-electron chi connectivity index (χ0n) is 7.66. The minimum Gasteiger partial charge on any atom is -0.327 e. The van der Waals surface area contributed by atoms with Gasteiger partial charge in [0, 0.05) is 12.1 Å². The first-order valence-electron chi connectivity index (χ1n) is 4.20. The molecule has 0 saturated heterocycles. The number of nitrogens with two attached hydrogens (primary N) is 1. The lowest BCUT2D eigenvalue weighted by atomic mass is 10.1. The van der Waals surface area contributed by atoms with Crippen molar-refractivity contribution in [3.05, 3.63) is 41.0 Å². The zero-order valence-corrected chi connectivity index (χ0v) is 7.66. The average Bonchev–Trinajstić information content (AvgIpc) is 2.15. The molecule has 2 heteroatoms. The van der Waals surface area contributed by atoms with E-state index < -0.39 is 0 Å². The van der Waals surface area contributed by atoms with Gasteiger partial charge in [-0.1, -0.05) is 35.9 Å². The molecule has 0 saturated carbocycles. The first-order valence-corrected chi connectivity index (χ1v) is 4.20. The molecular weight excluding hydrogens is 162 g/mol. The highest BCUT2D eigenvalue weighted by molar-refractivity contribution is 5.82. The number of benzene rings is 1. The minimum atomic E-state index is 0.492. The van der Waals surface area contributed by atoms with E-state index in [-0.39, 0.29) is 0 Å². The van der Waals surface area contributed by atoms with Crippen LogP contribution in [0.15, 0.2) is 24.3 Å². The molecule has 68 valence electrons. The highest BCUT2D eigenvalue weighted by Crippen LogP contribution is 2.11. The molecule has 0 aliphatic carbocycles. The second kappa shape index (κ2) is 4.58. The van der Waals surface area contributed by atoms with E-state index in [1.807, 2.05) is 37.3 Å². The van der Waals surface area contributed by atoms with Crippen LogP contribution in [0.4, 0.5) is 0 Å². The van der Waals surface area contributed by atoms with Crippen LogP contribution >= 0.6 is 0 Å². The average molecular weight is 175 g/mol. The lowest BCUT2D eigenvalue weighted by Crippen LogP contribution is -1.93. The van der Waals surface area contributed by atoms with Crippen molar-refractivity contribution in [3.8, 4) is 0 Å². The third kappa shape index (κ3) is 2.53. The summed E-state index contributed by atoms with van der Waals surface area (Å²) >= 11 is 0. The second-order valence-corrected chi connectivity index (χ2v) is 2.89. The Morgan fingerprint density at radius 3 is 2.77 bits per heavy atom. The molecule has 0 aliphatic heterocycles. The molecule has 13 heavy (non-hydrogen) atoms. The van der Waals surface area contributed by atoms with Crippen LogP contribution < -0.4 is 5.73 Å². The zero-order chi connectivity index (χ0) is 9.68. The number of hydrogen-bond acceptors (Lipinski definition) is 2. The maximum absolute atomic E-state index is 10.6. The minimum absolute atomic E-state index is 0.492. The van der Waals surface area contributed by atoms with Gasteiger partial charge in [0.2, 0.25) is 0 Å². The van der Waals surface area contributed by atoms with Gasteiger partial charge in [-0.3, -0.25) is 4.79 Å². The molecule has 2 nitrogen and oxygen atoms in total. The number of aldehydes is 1. The number of hydrogen-bond donors (Lipinski definition) is 1. The first-order chi connectivity index (χ1) is 6.27. The largest absolute Gasteiger partial charge is 0.327 e. The smallest absolute Gasteiger partial charge is 0.150 e. The molecule has 0 atom stereocenters. The van der Waals surface area contributed by atoms with Crippen molar-refractivity contribution < 1.29 is 4.79 Å². The molecular formula is C11H13NO. The third-order valence-electron chi connectivity index (χ3n) is 1.80. The topological polar surface area (TPSA) is 43.1 Å². The van der Waals surface area contributed by atoms with Crippen molar-refractivity contribution in [1.29, 1.82) is 0 Å². The van der Waals surface area contributed by atoms with Gasteiger partial charge in [-0.25, -0.2) is 0 Å². The summed E-state index contributed by atoms with van der Waals surface area (Å²) in [6, 6.07) is 5.71. The summed E-state index contributed by atoms with van der Waals surface area (Å²) in [4.78, 5) is 10.6. The first kappa shape index (κ1) is 9.68. The van der Waals surface area contributed by atoms with Gasteiger partial charge >= 0.3 is 0 Å². The fourth-order valence-electron chi connectivity index (χ4n) is 1.14. The Kier molecular flexibility index (Phi) is 3.41. The summed E-state index contributed by atoms with van der Waals surface area (Å²) in [5.41, 5.74) is 8.11. The number of carbonyl (C=O) groups excluding carboxylic acids is 1. The lowest BCUT2D eigenvalue weighted by Gasteiger charge is -1.99. The van der Waals surface area contributed by atoms with Gasteiger partial charge in [0.15, 0.2) is 6.29 Å². The van der Waals surface area contributed by atoms with Gasteiger partial charge in [-0.15, -0.1) is 0 Å². The predicted molar refractivity (Wildman–Crippen MR) is 54.7 cm³/mol. The van der Waals surface area contributed by atoms with Crippen molar-refractivity contribution in [3.63, 3.8) is 0 Å². The van der Waals surface area contributed by atoms with Crippen LogP contribution in [-0.2, 0) is 0 Å². The summed E-state index contributed by atoms with van der Waals surface area (Å²) in [6.07, 6.45) is 4.56. The molecule has 0 heterocycles. The molecule has 1 aromatic rings. The monoisotopic (exact) mass is 175 g/mol. The molecule has 0 aromatic heterocycles. The highest BCUT2D eigenvalue weighted by atomic mass is 16.1. The van der Waals surface area contributed by atoms with E-state index in [1.54, 1.807) is 0 Å². The second-order valence-electron chi connectivity index (χ2n) is 2.89. The summed E-state index contributed by atoms with van der Waals surface area (Å²) in [7, 11) is 0. The molecule has 0 aliphatic rings. The number of carbonyl (C=O) groups is 1. The van der Waals surface area contributed by atoms with Crippen molar-refractivity contribution in [2.75, 3.05) is 6.54 Å². The summed E-state index contributed by atoms with van der Waals surface area (Å²) in [5, 5.41) is 0. The van der Waals surface area contributed by atoms with E-state index in [0.29, 0.717) is 12.1 Å². The van der Waals surface area contributed by atoms with Crippen LogP contribution in [-0.4, -0.2) is 12.8 Å². The molecule has 0 radical (unpaired) electrons. The predicted octanol–water partition coefficient (Wildman–Crippen LogP) is 1.78. The fourth-order valence-corrected chi connectivity index (χ4v) is 1.14. The van der Waals surface area contributed by atoms with Gasteiger partial charge in [-0.05, 0) is 12.5 Å². The van der Waals surface area contributed by atoms with Crippen LogP contribution in [0.5, 0.6) is 0 Å². The van der Waals surface area contributed by atoms with Gasteiger partial charge in [0.25, 0.3) is 0 Å². The maximum atomic E-state index is 10.6. The third-order valence-corrected chi connectivity index (χ3v) is 1.80. The van der Waals surface area contributed by atoms with E-state index in [0.717, 1.165) is 17.4 Å². The Bertz CT molecular complexity index is 329. The van der Waals surface area contributed by atoms with E-state index >= 15 is 0 Å². The van der Waals surface area contributed by atoms with E-state index in [9.17, 15) is 4.79 Å². The van der Waals surface area contributed by atoms with Crippen LogP contribution in [0, 0.1) is 6.92 Å². The van der Waals surface area contributed by atoms with Crippen LogP contribution in [0.2, 0.25) is 0 Å². The number of aryl methyl sites for hydroxylation is 1. The Hall–Kier alpha value is -1.41. The molecule has 0 amide bonds. The number of rotatable bonds is 3. The van der Waals surface area contributed by atoms with Crippen LogP contribution in [0.1, 0.15) is 21.5 Å². The van der Waals surface area contributed by atoms with Crippen LogP contribution in [0.3, 0.4) is 0 Å². The van der Waals surface area contributed by atoms with E-state index in [2.05, 4.69) is 0 Å². The molecule has 1 rings (SSSR count). The summed E-state index contributed by atoms with van der Waals surface area (Å²) in [6.45, 7) is 2.49. The molecule has 0 bridgehead atoms. The van der Waals surface area contributed by atoms with E-state index in [1.165, 1.54) is 0 Å². The SMILES string of the molecule is Cc1ccc(C=O)c(C=CCN)c1. The fraction of sp³-hybridized carbons (Fsp3) is 0.182. The Morgan fingerprint density at radius 2 is 2.15 bits per heavy atom. The van der Waals surface area contributed by atoms with Gasteiger partial charge in [0.1, 0.15) is 0 Å². The van der Waals surface area contributed by atoms with Crippen LogP contribution in [0.25, 0.3) is 6.08 Å². The molecule has 2 N–H and O–H groups in total. The lowest BCUT2D eigenvalue weighted by molar-refractivity contribution is 0.112. The van der Waals surface area contributed by atoms with Crippen molar-refractivity contribution >= 4 is 12.4 Å². The molecule has 1 aromatic carbocycles. The Morgan fingerprint density at radius 1 is 1.38 bits per heavy atom. The van der Waals surface area contributed by atoms with Crippen molar-refractivity contribution in [1.82, 2.24) is 0 Å². The summed E-state index contributed by atoms with van der Waals surface area (Å²) < 4.78 is 0. The van der Waals surface area contributed by atoms with Gasteiger partial charge < -0.3 is 5.73 Å². The molecule has 0 spiro atoms. The van der Waals surface area contributed by atoms with E-state index in [4.69, 9.17) is 5.73 Å². The Labute approximate surface area is 78.1 Å². The van der Waals surface area contributed by atoms with Crippen molar-refractivity contribution in [2.45, 2.75) is 6.92 Å². The van der Waals surface area contributed by atoms with Gasteiger partial charge in [-0.2, -0.15) is 0 Å². The summed E-state index contributed by atoms with van der Waals surface area (Å²) in [5.74, 6) is 0. The molecule has 0 fully saturated rings. The quantitative estimate of drug-likeness (QED) is 0.711. The van der Waals surface area contributed by atoms with Gasteiger partial charge in [0.05, 0.1) is 0 Å².